The fourth-order valence-corrected chi connectivity index (χ4v) is 1.26. The molecule has 0 radical (unpaired) electrons. The Hall–Kier alpha value is -0.870. The van der Waals surface area contributed by atoms with Gasteiger partial charge in [-0.2, -0.15) is 0 Å². The van der Waals surface area contributed by atoms with Crippen LogP contribution in [0.4, 0.5) is 0 Å². The minimum Gasteiger partial charge on any atom is -0.478 e. The molecular weight excluding hydrogens is 204 g/mol. The molecule has 0 fully saturated rings. The average Bonchev–Trinajstić information content (AvgIpc) is 2.15. The zero-order valence-electron chi connectivity index (χ0n) is 10.8. The number of rotatable bonds is 8. The molecule has 0 atom stereocenters. The molecule has 4 heteroatoms. The fraction of sp³-hybridized carbons (Fsp3) is 0.750. The molecule has 94 valence electrons. The number of carbonyl (C=O) groups is 1. The van der Waals surface area contributed by atoms with Gasteiger partial charge in [-0.05, 0) is 47.3 Å². The first-order valence-corrected chi connectivity index (χ1v) is 5.74. The summed E-state index contributed by atoms with van der Waals surface area (Å²) < 4.78 is 0. The van der Waals surface area contributed by atoms with Crippen LogP contribution in [0.5, 0.6) is 0 Å². The molecule has 0 amide bonds. The van der Waals surface area contributed by atoms with Gasteiger partial charge in [-0.1, -0.05) is 5.57 Å². The third-order valence-corrected chi connectivity index (χ3v) is 2.52. The highest BCUT2D eigenvalue weighted by Gasteiger charge is 2.01. The quantitative estimate of drug-likeness (QED) is 0.486. The average molecular weight is 228 g/mol. The third-order valence-electron chi connectivity index (χ3n) is 2.52. The van der Waals surface area contributed by atoms with Crippen molar-refractivity contribution in [2.75, 3.05) is 26.7 Å². The standard InChI is InChI=1S/C12H24N2O2/c1-10(2)14(4)7-5-6-13-9-11(3)8-12(15)16/h8,10,13H,5-7,9H2,1-4H3,(H,15,16). The van der Waals surface area contributed by atoms with Gasteiger partial charge in [-0.3, -0.25) is 0 Å². The molecule has 0 aromatic heterocycles. The van der Waals surface area contributed by atoms with Crippen LogP contribution in [0, 0.1) is 0 Å². The minimum absolute atomic E-state index is 0.577. The number of carboxylic acids is 1. The fourth-order valence-electron chi connectivity index (χ4n) is 1.26. The molecule has 0 aliphatic heterocycles. The Balaban J connectivity index is 3.51. The van der Waals surface area contributed by atoms with Gasteiger partial charge >= 0.3 is 5.97 Å². The van der Waals surface area contributed by atoms with E-state index in [0.717, 1.165) is 25.1 Å². The van der Waals surface area contributed by atoms with Gasteiger partial charge in [0.05, 0.1) is 0 Å². The summed E-state index contributed by atoms with van der Waals surface area (Å²) in [6.07, 6.45) is 2.32. The molecule has 0 heterocycles. The van der Waals surface area contributed by atoms with Crippen LogP contribution in [0.25, 0.3) is 0 Å². The first kappa shape index (κ1) is 15.1. The van der Waals surface area contributed by atoms with Crippen LogP contribution in [0.2, 0.25) is 0 Å². The summed E-state index contributed by atoms with van der Waals surface area (Å²) in [5.41, 5.74) is 0.852. The monoisotopic (exact) mass is 228 g/mol. The van der Waals surface area contributed by atoms with Crippen molar-refractivity contribution in [1.82, 2.24) is 10.2 Å². The van der Waals surface area contributed by atoms with E-state index in [1.807, 2.05) is 6.92 Å². The van der Waals surface area contributed by atoms with Crippen molar-refractivity contribution in [2.24, 2.45) is 0 Å². The topological polar surface area (TPSA) is 52.6 Å². The molecule has 0 aliphatic carbocycles. The molecule has 2 N–H and O–H groups in total. The molecule has 0 bridgehead atoms. The molecule has 16 heavy (non-hydrogen) atoms. The molecule has 0 unspecified atom stereocenters. The molecule has 0 saturated heterocycles. The summed E-state index contributed by atoms with van der Waals surface area (Å²) in [6, 6.07) is 0.577. The van der Waals surface area contributed by atoms with E-state index >= 15 is 0 Å². The molecule has 0 spiro atoms. The molecular formula is C12H24N2O2. The molecule has 0 aromatic carbocycles. The second kappa shape index (κ2) is 8.30. The van der Waals surface area contributed by atoms with Gasteiger partial charge in [0.25, 0.3) is 0 Å². The van der Waals surface area contributed by atoms with Gasteiger partial charge in [0, 0.05) is 18.7 Å². The number of hydrogen-bond acceptors (Lipinski definition) is 3. The molecule has 0 aromatic rings. The zero-order chi connectivity index (χ0) is 12.6. The largest absolute Gasteiger partial charge is 0.478 e. The van der Waals surface area contributed by atoms with E-state index in [0.29, 0.717) is 12.6 Å². The summed E-state index contributed by atoms with van der Waals surface area (Å²) in [5, 5.41) is 11.7. The van der Waals surface area contributed by atoms with Crippen molar-refractivity contribution in [3.8, 4) is 0 Å². The van der Waals surface area contributed by atoms with E-state index in [4.69, 9.17) is 5.11 Å². The number of carboxylic acid groups (broad SMARTS) is 1. The molecule has 0 aliphatic rings. The number of nitrogens with one attached hydrogen (secondary N) is 1. The lowest BCUT2D eigenvalue weighted by molar-refractivity contribution is -0.131. The van der Waals surface area contributed by atoms with Crippen LogP contribution in [0.3, 0.4) is 0 Å². The highest BCUT2D eigenvalue weighted by atomic mass is 16.4. The van der Waals surface area contributed by atoms with E-state index in [9.17, 15) is 4.79 Å². The van der Waals surface area contributed by atoms with Crippen LogP contribution in [0.15, 0.2) is 11.6 Å². The van der Waals surface area contributed by atoms with E-state index < -0.39 is 5.97 Å². The summed E-state index contributed by atoms with van der Waals surface area (Å²) in [6.45, 7) is 8.80. The highest BCUT2D eigenvalue weighted by molar-refractivity contribution is 5.80. The SMILES string of the molecule is CC(=CC(=O)O)CNCCCN(C)C(C)C. The Morgan fingerprint density at radius 1 is 1.50 bits per heavy atom. The number of hydrogen-bond donors (Lipinski definition) is 2. The maximum absolute atomic E-state index is 10.4. The van der Waals surface area contributed by atoms with Gasteiger partial charge in [0.15, 0.2) is 0 Å². The number of aliphatic carboxylic acids is 1. The van der Waals surface area contributed by atoms with Crippen LogP contribution < -0.4 is 5.32 Å². The Bertz CT molecular complexity index is 237. The second-order valence-corrected chi connectivity index (χ2v) is 4.43. The lowest BCUT2D eigenvalue weighted by atomic mass is 10.2. The van der Waals surface area contributed by atoms with Gasteiger partial charge in [0.2, 0.25) is 0 Å². The van der Waals surface area contributed by atoms with Crippen LogP contribution in [0.1, 0.15) is 27.2 Å². The van der Waals surface area contributed by atoms with Crippen molar-refractivity contribution < 1.29 is 9.90 Å². The van der Waals surface area contributed by atoms with Gasteiger partial charge in [0.1, 0.15) is 0 Å². The molecule has 0 saturated carbocycles. The van der Waals surface area contributed by atoms with Crippen molar-refractivity contribution in [3.05, 3.63) is 11.6 Å². The van der Waals surface area contributed by atoms with Crippen molar-refractivity contribution >= 4 is 5.97 Å². The third kappa shape index (κ3) is 8.44. The van der Waals surface area contributed by atoms with Gasteiger partial charge in [-0.25, -0.2) is 4.79 Å². The lowest BCUT2D eigenvalue weighted by Crippen LogP contribution is -2.29. The lowest BCUT2D eigenvalue weighted by Gasteiger charge is -2.20. The Morgan fingerprint density at radius 3 is 2.62 bits per heavy atom. The summed E-state index contributed by atoms with van der Waals surface area (Å²) in [5.74, 6) is -0.876. The predicted molar refractivity (Wildman–Crippen MR) is 66.6 cm³/mol. The first-order chi connectivity index (χ1) is 7.43. The Kier molecular flexibility index (Phi) is 7.85. The first-order valence-electron chi connectivity index (χ1n) is 5.74. The zero-order valence-corrected chi connectivity index (χ0v) is 10.8. The summed E-state index contributed by atoms with van der Waals surface area (Å²) in [7, 11) is 2.11. The predicted octanol–water partition coefficient (Wildman–Crippen LogP) is 1.34. The van der Waals surface area contributed by atoms with Crippen LogP contribution in [-0.2, 0) is 4.79 Å². The van der Waals surface area contributed by atoms with E-state index in [1.54, 1.807) is 0 Å². The van der Waals surface area contributed by atoms with E-state index in [2.05, 4.69) is 31.1 Å². The maximum atomic E-state index is 10.4. The van der Waals surface area contributed by atoms with E-state index in [-0.39, 0.29) is 0 Å². The second-order valence-electron chi connectivity index (χ2n) is 4.43. The summed E-state index contributed by atoms with van der Waals surface area (Å²) in [4.78, 5) is 12.6. The van der Waals surface area contributed by atoms with Crippen molar-refractivity contribution in [2.45, 2.75) is 33.2 Å². The molecule has 0 rings (SSSR count). The summed E-state index contributed by atoms with van der Waals surface area (Å²) >= 11 is 0. The Morgan fingerprint density at radius 2 is 2.12 bits per heavy atom. The van der Waals surface area contributed by atoms with Crippen LogP contribution in [-0.4, -0.2) is 48.7 Å². The minimum atomic E-state index is -0.876. The van der Waals surface area contributed by atoms with Crippen molar-refractivity contribution in [1.29, 1.82) is 0 Å². The smallest absolute Gasteiger partial charge is 0.328 e. The molecule has 4 nitrogen and oxygen atoms in total. The van der Waals surface area contributed by atoms with Crippen molar-refractivity contribution in [3.63, 3.8) is 0 Å². The normalized spacial score (nSPS) is 12.5. The van der Waals surface area contributed by atoms with Crippen LogP contribution >= 0.6 is 0 Å². The maximum Gasteiger partial charge on any atom is 0.328 e. The number of nitrogens with zero attached hydrogens (tertiary/aromatic N) is 1. The highest BCUT2D eigenvalue weighted by Crippen LogP contribution is 1.94. The van der Waals surface area contributed by atoms with E-state index in [1.165, 1.54) is 6.08 Å². The van der Waals surface area contributed by atoms with Gasteiger partial charge in [-0.15, -0.1) is 0 Å². The Labute approximate surface area is 98.3 Å². The van der Waals surface area contributed by atoms with Gasteiger partial charge < -0.3 is 15.3 Å².